The summed E-state index contributed by atoms with van der Waals surface area (Å²) in [5.74, 6) is 0. The SMILES string of the molecule is [SiH3]OC1CC2OC2C1. The lowest BCUT2D eigenvalue weighted by Gasteiger charge is -2.07. The van der Waals surface area contributed by atoms with Gasteiger partial charge < -0.3 is 9.16 Å². The number of ether oxygens (including phenoxy) is 1. The Bertz CT molecular complexity index is 96.6. The van der Waals surface area contributed by atoms with Crippen molar-refractivity contribution in [3.63, 3.8) is 0 Å². The number of rotatable bonds is 1. The van der Waals surface area contributed by atoms with Gasteiger partial charge in [-0.1, -0.05) is 0 Å². The van der Waals surface area contributed by atoms with Gasteiger partial charge >= 0.3 is 0 Å². The molecule has 1 saturated carbocycles. The van der Waals surface area contributed by atoms with Crippen LogP contribution in [-0.2, 0) is 9.16 Å². The zero-order valence-corrected chi connectivity index (χ0v) is 6.96. The molecule has 1 aliphatic carbocycles. The quantitative estimate of drug-likeness (QED) is 0.343. The number of hydrogen-bond donors (Lipinski definition) is 0. The molecule has 2 aliphatic rings. The highest BCUT2D eigenvalue weighted by atomic mass is 28.2. The highest BCUT2D eigenvalue weighted by Crippen LogP contribution is 2.39. The molecule has 8 heavy (non-hydrogen) atoms. The van der Waals surface area contributed by atoms with E-state index in [1.165, 1.54) is 0 Å². The normalized spacial score (nSPS) is 51.8. The van der Waals surface area contributed by atoms with Crippen LogP contribution >= 0.6 is 0 Å². The van der Waals surface area contributed by atoms with E-state index in [9.17, 15) is 0 Å². The summed E-state index contributed by atoms with van der Waals surface area (Å²) in [7, 11) is 0.888. The maximum absolute atomic E-state index is 5.27. The van der Waals surface area contributed by atoms with Crippen molar-refractivity contribution in [2.24, 2.45) is 0 Å². The zero-order chi connectivity index (χ0) is 5.56. The Kier molecular flexibility index (Phi) is 0.967. The Morgan fingerprint density at radius 1 is 1.38 bits per heavy atom. The fourth-order valence-electron chi connectivity index (χ4n) is 1.40. The third kappa shape index (κ3) is 0.622. The lowest BCUT2D eigenvalue weighted by atomic mass is 10.3. The van der Waals surface area contributed by atoms with Gasteiger partial charge in [0.25, 0.3) is 0 Å². The van der Waals surface area contributed by atoms with E-state index in [1.54, 1.807) is 0 Å². The Hall–Kier alpha value is 0.137. The minimum Gasteiger partial charge on any atom is -0.425 e. The molecule has 1 saturated heterocycles. The first-order valence-electron chi connectivity index (χ1n) is 3.08. The van der Waals surface area contributed by atoms with E-state index in [2.05, 4.69) is 0 Å². The van der Waals surface area contributed by atoms with Gasteiger partial charge in [0, 0.05) is 18.9 Å². The standard InChI is InChI=1S/C5H10O2Si/c8-7-3-1-4-5(2-3)6-4/h3-5H,1-2H2,8H3. The summed E-state index contributed by atoms with van der Waals surface area (Å²) in [5, 5.41) is 0. The van der Waals surface area contributed by atoms with Crippen molar-refractivity contribution in [2.45, 2.75) is 31.2 Å². The molecule has 1 heterocycles. The molecule has 1 aliphatic heterocycles. The fourth-order valence-corrected chi connectivity index (χ4v) is 1.79. The summed E-state index contributed by atoms with van der Waals surface area (Å²) in [5.41, 5.74) is 0. The molecule has 3 heteroatoms. The van der Waals surface area contributed by atoms with Gasteiger partial charge in [0.1, 0.15) is 10.5 Å². The van der Waals surface area contributed by atoms with Crippen LogP contribution in [0.15, 0.2) is 0 Å². The highest BCUT2D eigenvalue weighted by Gasteiger charge is 2.47. The van der Waals surface area contributed by atoms with Crippen LogP contribution in [0.2, 0.25) is 0 Å². The molecule has 46 valence electrons. The first kappa shape index (κ1) is 4.96. The van der Waals surface area contributed by atoms with Gasteiger partial charge in [-0.25, -0.2) is 0 Å². The van der Waals surface area contributed by atoms with Crippen molar-refractivity contribution in [1.29, 1.82) is 0 Å². The number of hydrogen-bond acceptors (Lipinski definition) is 2. The van der Waals surface area contributed by atoms with Gasteiger partial charge in [-0.15, -0.1) is 0 Å². The molecule has 0 aromatic heterocycles. The number of epoxide rings is 1. The van der Waals surface area contributed by atoms with Crippen LogP contribution in [0.25, 0.3) is 0 Å². The van der Waals surface area contributed by atoms with Gasteiger partial charge in [-0.05, 0) is 0 Å². The molecular weight excluding hydrogens is 120 g/mol. The van der Waals surface area contributed by atoms with Crippen LogP contribution in [0, 0.1) is 0 Å². The van der Waals surface area contributed by atoms with Gasteiger partial charge in [-0.2, -0.15) is 0 Å². The molecule has 2 atom stereocenters. The summed E-state index contributed by atoms with van der Waals surface area (Å²) < 4.78 is 10.5. The van der Waals surface area contributed by atoms with E-state index in [1.807, 2.05) is 0 Å². The minimum absolute atomic E-state index is 0.561. The van der Waals surface area contributed by atoms with Crippen molar-refractivity contribution >= 4 is 10.5 Å². The van der Waals surface area contributed by atoms with Crippen LogP contribution < -0.4 is 0 Å². The maximum atomic E-state index is 5.27. The summed E-state index contributed by atoms with van der Waals surface area (Å²) in [4.78, 5) is 0. The van der Waals surface area contributed by atoms with Crippen LogP contribution in [0.1, 0.15) is 12.8 Å². The predicted molar refractivity (Wildman–Crippen MR) is 32.7 cm³/mol. The molecule has 0 N–H and O–H groups in total. The van der Waals surface area contributed by atoms with Crippen molar-refractivity contribution < 1.29 is 9.16 Å². The smallest absolute Gasteiger partial charge is 0.146 e. The molecule has 0 amide bonds. The second kappa shape index (κ2) is 1.56. The minimum atomic E-state index is 0.561. The molecule has 2 nitrogen and oxygen atoms in total. The second-order valence-corrected chi connectivity index (χ2v) is 3.01. The van der Waals surface area contributed by atoms with Crippen LogP contribution in [0.5, 0.6) is 0 Å². The van der Waals surface area contributed by atoms with E-state index in [0.29, 0.717) is 18.3 Å². The van der Waals surface area contributed by atoms with E-state index in [0.717, 1.165) is 23.3 Å². The van der Waals surface area contributed by atoms with Gasteiger partial charge in [0.15, 0.2) is 0 Å². The third-order valence-electron chi connectivity index (χ3n) is 2.01. The Morgan fingerprint density at radius 3 is 2.38 bits per heavy atom. The Labute approximate surface area is 51.7 Å². The van der Waals surface area contributed by atoms with Crippen molar-refractivity contribution in [3.8, 4) is 0 Å². The molecule has 0 aromatic carbocycles. The van der Waals surface area contributed by atoms with Crippen molar-refractivity contribution in [1.82, 2.24) is 0 Å². The van der Waals surface area contributed by atoms with Gasteiger partial charge in [0.05, 0.1) is 12.2 Å². The first-order valence-corrected chi connectivity index (χ1v) is 3.90. The largest absolute Gasteiger partial charge is 0.425 e. The predicted octanol–water partition coefficient (Wildman–Crippen LogP) is -0.787. The summed E-state index contributed by atoms with van der Waals surface area (Å²) in [6, 6.07) is 0. The van der Waals surface area contributed by atoms with Gasteiger partial charge in [-0.3, -0.25) is 0 Å². The molecule has 0 radical (unpaired) electrons. The second-order valence-electron chi connectivity index (χ2n) is 2.54. The molecule has 2 unspecified atom stereocenters. The zero-order valence-electron chi connectivity index (χ0n) is 4.96. The van der Waals surface area contributed by atoms with Crippen molar-refractivity contribution in [3.05, 3.63) is 0 Å². The molecule has 0 bridgehead atoms. The molecule has 0 spiro atoms. The van der Waals surface area contributed by atoms with Crippen LogP contribution in [0.3, 0.4) is 0 Å². The lowest BCUT2D eigenvalue weighted by molar-refractivity contribution is 0.162. The van der Waals surface area contributed by atoms with E-state index in [-0.39, 0.29) is 0 Å². The first-order chi connectivity index (χ1) is 3.90. The third-order valence-corrected chi connectivity index (χ3v) is 2.68. The van der Waals surface area contributed by atoms with Gasteiger partial charge in [0.2, 0.25) is 0 Å². The summed E-state index contributed by atoms with van der Waals surface area (Å²) in [6.45, 7) is 0. The monoisotopic (exact) mass is 130 g/mol. The van der Waals surface area contributed by atoms with Crippen LogP contribution in [-0.4, -0.2) is 28.8 Å². The molecule has 0 aromatic rings. The topological polar surface area (TPSA) is 21.8 Å². The average Bonchev–Trinajstić information content (AvgIpc) is 2.40. The van der Waals surface area contributed by atoms with E-state index < -0.39 is 0 Å². The summed E-state index contributed by atoms with van der Waals surface area (Å²) in [6.07, 6.45) is 4.07. The lowest BCUT2D eigenvalue weighted by Crippen LogP contribution is -2.08. The molecule has 2 fully saturated rings. The maximum Gasteiger partial charge on any atom is 0.146 e. The molecule has 2 rings (SSSR count). The van der Waals surface area contributed by atoms with Crippen LogP contribution in [0.4, 0.5) is 0 Å². The Balaban J connectivity index is 1.89. The Morgan fingerprint density at radius 2 is 2.00 bits per heavy atom. The fraction of sp³-hybridized carbons (Fsp3) is 1.00. The molecular formula is C5H10O2Si. The highest BCUT2D eigenvalue weighted by molar-refractivity contribution is 5.98. The number of fused-ring (bicyclic) bond motifs is 1. The van der Waals surface area contributed by atoms with E-state index in [4.69, 9.17) is 9.16 Å². The summed E-state index contributed by atoms with van der Waals surface area (Å²) >= 11 is 0. The van der Waals surface area contributed by atoms with E-state index >= 15 is 0 Å². The average molecular weight is 130 g/mol. The van der Waals surface area contributed by atoms with Crippen molar-refractivity contribution in [2.75, 3.05) is 0 Å².